The third-order valence-corrected chi connectivity index (χ3v) is 3.93. The molecule has 1 atom stereocenters. The number of halogens is 2. The summed E-state index contributed by atoms with van der Waals surface area (Å²) in [4.78, 5) is 14.5. The van der Waals surface area contributed by atoms with Crippen molar-refractivity contribution in [2.45, 2.75) is 32.2 Å². The molecule has 1 amide bonds. The molecular weight excluding hydrogens is 295 g/mol. The zero-order valence-corrected chi connectivity index (χ0v) is 13.3. The first-order valence-corrected chi connectivity index (χ1v) is 7.33. The average molecular weight is 317 g/mol. The van der Waals surface area contributed by atoms with Crippen LogP contribution in [0.15, 0.2) is 24.3 Å². The first kappa shape index (κ1) is 17.3. The summed E-state index contributed by atoms with van der Waals surface area (Å²) in [5.74, 6) is 0.184. The zero-order chi connectivity index (χ0) is 13.7. The lowest BCUT2D eigenvalue weighted by atomic mass is 10.1. The standard InChI is InChI=1S/C15H21ClN2O.ClH/c1-2-9-18(13-7-8-17-11-13)15(19)10-12-5-3-4-6-14(12)16;/h3-6,13,17H,2,7-11H2,1H3;1H. The van der Waals surface area contributed by atoms with Crippen LogP contribution in [0, 0.1) is 0 Å². The summed E-state index contributed by atoms with van der Waals surface area (Å²) in [5, 5.41) is 4.00. The second kappa shape index (κ2) is 8.50. The average Bonchev–Trinajstić information content (AvgIpc) is 2.92. The summed E-state index contributed by atoms with van der Waals surface area (Å²) in [6.45, 7) is 4.85. The van der Waals surface area contributed by atoms with Gasteiger partial charge >= 0.3 is 0 Å². The van der Waals surface area contributed by atoms with Crippen molar-refractivity contribution < 1.29 is 4.79 Å². The van der Waals surface area contributed by atoms with E-state index in [2.05, 4.69) is 12.2 Å². The van der Waals surface area contributed by atoms with E-state index >= 15 is 0 Å². The monoisotopic (exact) mass is 316 g/mol. The van der Waals surface area contributed by atoms with E-state index in [0.717, 1.165) is 38.0 Å². The molecule has 0 aromatic heterocycles. The van der Waals surface area contributed by atoms with Gasteiger partial charge in [-0.3, -0.25) is 4.79 Å². The van der Waals surface area contributed by atoms with Gasteiger partial charge in [-0.05, 0) is 31.0 Å². The van der Waals surface area contributed by atoms with Crippen LogP contribution in [-0.4, -0.2) is 36.5 Å². The van der Waals surface area contributed by atoms with Gasteiger partial charge in [0.05, 0.1) is 6.42 Å². The quantitative estimate of drug-likeness (QED) is 0.906. The first-order valence-electron chi connectivity index (χ1n) is 6.96. The molecule has 2 rings (SSSR count). The maximum absolute atomic E-state index is 12.5. The maximum Gasteiger partial charge on any atom is 0.227 e. The molecule has 112 valence electrons. The van der Waals surface area contributed by atoms with Crippen LogP contribution < -0.4 is 5.32 Å². The summed E-state index contributed by atoms with van der Waals surface area (Å²) in [6.07, 6.45) is 2.44. The third-order valence-electron chi connectivity index (χ3n) is 3.56. The molecule has 0 aliphatic carbocycles. The minimum atomic E-state index is 0. The number of carbonyl (C=O) groups is 1. The van der Waals surface area contributed by atoms with E-state index in [0.29, 0.717) is 17.5 Å². The number of nitrogens with zero attached hydrogens (tertiary/aromatic N) is 1. The fraction of sp³-hybridized carbons (Fsp3) is 0.533. The number of rotatable bonds is 5. The van der Waals surface area contributed by atoms with Gasteiger partial charge in [0.1, 0.15) is 0 Å². The van der Waals surface area contributed by atoms with Crippen LogP contribution in [0.2, 0.25) is 5.02 Å². The molecule has 0 bridgehead atoms. The largest absolute Gasteiger partial charge is 0.338 e. The number of amides is 1. The van der Waals surface area contributed by atoms with Crippen molar-refractivity contribution in [1.29, 1.82) is 0 Å². The Morgan fingerprint density at radius 3 is 2.80 bits per heavy atom. The normalized spacial score (nSPS) is 17.6. The van der Waals surface area contributed by atoms with E-state index in [1.807, 2.05) is 29.2 Å². The van der Waals surface area contributed by atoms with Crippen molar-refractivity contribution >= 4 is 29.9 Å². The number of nitrogens with one attached hydrogen (secondary N) is 1. The Hall–Kier alpha value is -0.770. The van der Waals surface area contributed by atoms with Crippen LogP contribution >= 0.6 is 24.0 Å². The van der Waals surface area contributed by atoms with Gasteiger partial charge in [0.15, 0.2) is 0 Å². The summed E-state index contributed by atoms with van der Waals surface area (Å²) in [5.41, 5.74) is 0.918. The molecule has 3 nitrogen and oxygen atoms in total. The van der Waals surface area contributed by atoms with Crippen molar-refractivity contribution in [2.24, 2.45) is 0 Å². The molecule has 1 fully saturated rings. The second-order valence-corrected chi connectivity index (χ2v) is 5.41. The molecule has 0 saturated carbocycles. The molecule has 0 spiro atoms. The minimum Gasteiger partial charge on any atom is -0.338 e. The number of benzene rings is 1. The minimum absolute atomic E-state index is 0. The summed E-state index contributed by atoms with van der Waals surface area (Å²) >= 11 is 6.13. The Morgan fingerprint density at radius 1 is 1.45 bits per heavy atom. The molecule has 1 aromatic carbocycles. The second-order valence-electron chi connectivity index (χ2n) is 5.00. The Balaban J connectivity index is 0.00000200. The highest BCUT2D eigenvalue weighted by Gasteiger charge is 2.25. The Labute approximate surface area is 132 Å². The van der Waals surface area contributed by atoms with Gasteiger partial charge in [-0.2, -0.15) is 0 Å². The predicted octanol–water partition coefficient (Wildman–Crippen LogP) is 2.90. The first-order chi connectivity index (χ1) is 9.22. The summed E-state index contributed by atoms with van der Waals surface area (Å²) in [6, 6.07) is 7.93. The number of carbonyl (C=O) groups excluding carboxylic acids is 1. The van der Waals surface area contributed by atoms with Crippen molar-refractivity contribution in [3.8, 4) is 0 Å². The molecule has 1 saturated heterocycles. The molecule has 1 heterocycles. The lowest BCUT2D eigenvalue weighted by Crippen LogP contribution is -2.42. The van der Waals surface area contributed by atoms with Gasteiger partial charge in [0.25, 0.3) is 0 Å². The Kier molecular flexibility index (Phi) is 7.35. The van der Waals surface area contributed by atoms with E-state index in [9.17, 15) is 4.79 Å². The molecule has 1 aliphatic rings. The van der Waals surface area contributed by atoms with Crippen LogP contribution in [0.25, 0.3) is 0 Å². The van der Waals surface area contributed by atoms with Crippen molar-refractivity contribution in [1.82, 2.24) is 10.2 Å². The van der Waals surface area contributed by atoms with E-state index < -0.39 is 0 Å². The highest BCUT2D eigenvalue weighted by atomic mass is 35.5. The van der Waals surface area contributed by atoms with E-state index in [1.54, 1.807) is 0 Å². The van der Waals surface area contributed by atoms with Gasteiger partial charge in [-0.15, -0.1) is 12.4 Å². The lowest BCUT2D eigenvalue weighted by Gasteiger charge is -2.28. The topological polar surface area (TPSA) is 32.3 Å². The van der Waals surface area contributed by atoms with Gasteiger partial charge in [0, 0.05) is 24.2 Å². The smallest absolute Gasteiger partial charge is 0.227 e. The van der Waals surface area contributed by atoms with E-state index in [1.165, 1.54) is 0 Å². The highest BCUT2D eigenvalue weighted by molar-refractivity contribution is 6.31. The number of hydrogen-bond acceptors (Lipinski definition) is 2. The fourth-order valence-electron chi connectivity index (χ4n) is 2.56. The molecule has 1 aromatic rings. The predicted molar refractivity (Wildman–Crippen MR) is 85.7 cm³/mol. The molecule has 5 heteroatoms. The lowest BCUT2D eigenvalue weighted by molar-refractivity contribution is -0.132. The van der Waals surface area contributed by atoms with E-state index in [4.69, 9.17) is 11.6 Å². The van der Waals surface area contributed by atoms with Crippen LogP contribution in [-0.2, 0) is 11.2 Å². The van der Waals surface area contributed by atoms with Gasteiger partial charge in [-0.1, -0.05) is 36.7 Å². The van der Waals surface area contributed by atoms with Gasteiger partial charge in [-0.25, -0.2) is 0 Å². The van der Waals surface area contributed by atoms with Crippen molar-refractivity contribution in [3.63, 3.8) is 0 Å². The van der Waals surface area contributed by atoms with Crippen LogP contribution in [0.5, 0.6) is 0 Å². The van der Waals surface area contributed by atoms with Crippen LogP contribution in [0.4, 0.5) is 0 Å². The molecule has 1 unspecified atom stereocenters. The van der Waals surface area contributed by atoms with Gasteiger partial charge < -0.3 is 10.2 Å². The molecule has 1 N–H and O–H groups in total. The molecule has 20 heavy (non-hydrogen) atoms. The zero-order valence-electron chi connectivity index (χ0n) is 11.8. The SMILES string of the molecule is CCCN(C(=O)Cc1ccccc1Cl)C1CCNC1.Cl. The van der Waals surface area contributed by atoms with E-state index in [-0.39, 0.29) is 18.3 Å². The fourth-order valence-corrected chi connectivity index (χ4v) is 2.77. The maximum atomic E-state index is 12.5. The third kappa shape index (κ3) is 4.37. The van der Waals surface area contributed by atoms with Crippen LogP contribution in [0.3, 0.4) is 0 Å². The van der Waals surface area contributed by atoms with Crippen LogP contribution in [0.1, 0.15) is 25.3 Å². The molecule has 0 radical (unpaired) electrons. The molecular formula is C15H22Cl2N2O. The summed E-state index contributed by atoms with van der Waals surface area (Å²) < 4.78 is 0. The Bertz CT molecular complexity index is 434. The van der Waals surface area contributed by atoms with Crippen molar-refractivity contribution in [3.05, 3.63) is 34.9 Å². The summed E-state index contributed by atoms with van der Waals surface area (Å²) in [7, 11) is 0. The molecule has 1 aliphatic heterocycles. The van der Waals surface area contributed by atoms with Crippen molar-refractivity contribution in [2.75, 3.05) is 19.6 Å². The van der Waals surface area contributed by atoms with Gasteiger partial charge in [0.2, 0.25) is 5.91 Å². The Morgan fingerprint density at radius 2 is 2.20 bits per heavy atom. The highest BCUT2D eigenvalue weighted by Crippen LogP contribution is 2.18. The number of hydrogen-bond donors (Lipinski definition) is 1.